The minimum absolute atomic E-state index is 0.0446. The van der Waals surface area contributed by atoms with Crippen LogP contribution in [0.25, 0.3) is 0 Å². The van der Waals surface area contributed by atoms with Crippen molar-refractivity contribution in [2.75, 3.05) is 39.8 Å². The molecule has 0 radical (unpaired) electrons. The van der Waals surface area contributed by atoms with Crippen LogP contribution in [0.4, 0.5) is 9.18 Å². The maximum Gasteiger partial charge on any atom is 0.510 e. The molecule has 0 N–H and O–H groups in total. The highest BCUT2D eigenvalue weighted by atomic mass is 32.2. The molecule has 0 saturated heterocycles. The molecule has 0 spiro atoms. The lowest BCUT2D eigenvalue weighted by molar-refractivity contribution is -0.0587. The second kappa shape index (κ2) is 14.4. The molecule has 1 fully saturated rings. The molecule has 0 aromatic heterocycles. The van der Waals surface area contributed by atoms with E-state index in [2.05, 4.69) is 54.4 Å². The lowest BCUT2D eigenvalue weighted by atomic mass is 9.73. The van der Waals surface area contributed by atoms with Crippen LogP contribution in [0.2, 0.25) is 0 Å². The summed E-state index contributed by atoms with van der Waals surface area (Å²) in [6, 6.07) is 17.7. The monoisotopic (exact) mass is 569 g/mol. The first kappa shape index (κ1) is 30.4. The molecule has 1 heterocycles. The van der Waals surface area contributed by atoms with Crippen molar-refractivity contribution < 1.29 is 18.7 Å². The maximum absolute atomic E-state index is 14.1. The number of carbonyl (C=O) groups excluding carboxylic acids is 1. The van der Waals surface area contributed by atoms with Crippen LogP contribution in [0, 0.1) is 17.7 Å². The fourth-order valence-corrected chi connectivity index (χ4v) is 7.08. The Labute approximate surface area is 243 Å². The Morgan fingerprint density at radius 2 is 1.90 bits per heavy atom. The second-order valence-electron chi connectivity index (χ2n) is 11.4. The van der Waals surface area contributed by atoms with Gasteiger partial charge in [-0.1, -0.05) is 55.3 Å². The Balaban J connectivity index is 1.49. The first-order valence-corrected chi connectivity index (χ1v) is 15.8. The van der Waals surface area contributed by atoms with Gasteiger partial charge >= 0.3 is 6.16 Å². The van der Waals surface area contributed by atoms with Gasteiger partial charge in [-0.3, -0.25) is 0 Å². The van der Waals surface area contributed by atoms with E-state index in [9.17, 15) is 9.18 Å². The van der Waals surface area contributed by atoms with Crippen LogP contribution >= 0.6 is 11.8 Å². The number of methoxy groups -OCH3 is 1. The normalized spacial score (nSPS) is 25.2. The minimum Gasteiger partial charge on any atom is -0.438 e. The number of halogens is 1. The zero-order valence-corrected chi connectivity index (χ0v) is 25.1. The highest BCUT2D eigenvalue weighted by Gasteiger charge is 2.49. The molecule has 40 heavy (non-hydrogen) atoms. The molecule has 8 heteroatoms. The highest BCUT2D eigenvalue weighted by molar-refractivity contribution is 7.98. The number of hydrogen-bond donors (Lipinski definition) is 0. The van der Waals surface area contributed by atoms with E-state index in [1.54, 1.807) is 17.8 Å². The van der Waals surface area contributed by atoms with E-state index >= 15 is 0 Å². The van der Waals surface area contributed by atoms with Crippen LogP contribution in [0.15, 0.2) is 59.6 Å². The standard InChI is InChI=1S/C32H44FN3O3S/c1-35(2)30(27-11-8-12-28(33)22-27)26-15-13-25(14-16-26)21-29-32(18-20-40-4,39-31(37)38-3)34-23-36(29)19-17-24-9-6-5-7-10-24/h5-12,22-23,25-26,29-30H,13-21H2,1-4H3. The lowest BCUT2D eigenvalue weighted by Gasteiger charge is -2.41. The van der Waals surface area contributed by atoms with E-state index in [4.69, 9.17) is 14.5 Å². The van der Waals surface area contributed by atoms with E-state index in [-0.39, 0.29) is 17.9 Å². The van der Waals surface area contributed by atoms with E-state index in [1.165, 1.54) is 18.7 Å². The van der Waals surface area contributed by atoms with E-state index in [0.717, 1.165) is 56.4 Å². The van der Waals surface area contributed by atoms with Crippen molar-refractivity contribution in [3.63, 3.8) is 0 Å². The molecule has 218 valence electrons. The van der Waals surface area contributed by atoms with Crippen LogP contribution in [-0.4, -0.2) is 73.8 Å². The lowest BCUT2D eigenvalue weighted by Crippen LogP contribution is -2.50. The Morgan fingerprint density at radius 3 is 2.55 bits per heavy atom. The summed E-state index contributed by atoms with van der Waals surface area (Å²) in [5.41, 5.74) is 1.38. The zero-order chi connectivity index (χ0) is 28.5. The third-order valence-electron chi connectivity index (χ3n) is 8.58. The maximum atomic E-state index is 14.1. The van der Waals surface area contributed by atoms with Crippen LogP contribution in [0.3, 0.4) is 0 Å². The predicted octanol–water partition coefficient (Wildman–Crippen LogP) is 6.81. The number of thioether (sulfide) groups is 1. The van der Waals surface area contributed by atoms with Gasteiger partial charge in [-0.05, 0) is 86.9 Å². The number of ether oxygens (including phenoxy) is 2. The van der Waals surface area contributed by atoms with Gasteiger partial charge in [0.15, 0.2) is 0 Å². The Kier molecular flexibility index (Phi) is 10.9. The molecule has 1 aliphatic heterocycles. The zero-order valence-electron chi connectivity index (χ0n) is 24.3. The summed E-state index contributed by atoms with van der Waals surface area (Å²) in [7, 11) is 5.53. The first-order chi connectivity index (χ1) is 19.3. The van der Waals surface area contributed by atoms with Crippen molar-refractivity contribution in [2.45, 2.75) is 62.8 Å². The van der Waals surface area contributed by atoms with Crippen molar-refractivity contribution in [3.05, 3.63) is 71.5 Å². The molecule has 0 bridgehead atoms. The molecule has 1 saturated carbocycles. The first-order valence-electron chi connectivity index (χ1n) is 14.4. The number of hydrogen-bond acceptors (Lipinski definition) is 7. The molecule has 6 nitrogen and oxygen atoms in total. The van der Waals surface area contributed by atoms with Crippen LogP contribution in [0.5, 0.6) is 0 Å². The summed E-state index contributed by atoms with van der Waals surface area (Å²) < 4.78 is 25.0. The Hall–Kier alpha value is -2.58. The highest BCUT2D eigenvalue weighted by Crippen LogP contribution is 2.43. The molecular weight excluding hydrogens is 525 g/mol. The average Bonchev–Trinajstić information content (AvgIpc) is 3.28. The quantitative estimate of drug-likeness (QED) is 0.262. The van der Waals surface area contributed by atoms with Crippen molar-refractivity contribution in [1.82, 2.24) is 9.80 Å². The van der Waals surface area contributed by atoms with Gasteiger partial charge in [-0.15, -0.1) is 0 Å². The Bertz CT molecular complexity index is 1110. The van der Waals surface area contributed by atoms with Crippen molar-refractivity contribution in [2.24, 2.45) is 16.8 Å². The third kappa shape index (κ3) is 7.58. The minimum atomic E-state index is -0.947. The number of aliphatic imine (C=N–C) groups is 1. The van der Waals surface area contributed by atoms with E-state index in [1.807, 2.05) is 24.5 Å². The van der Waals surface area contributed by atoms with Crippen LogP contribution in [0.1, 0.15) is 55.7 Å². The molecule has 4 rings (SSSR count). The third-order valence-corrected chi connectivity index (χ3v) is 9.19. The fourth-order valence-electron chi connectivity index (χ4n) is 6.58. The largest absolute Gasteiger partial charge is 0.510 e. The van der Waals surface area contributed by atoms with Gasteiger partial charge in [0.25, 0.3) is 0 Å². The molecule has 0 amide bonds. The summed E-state index contributed by atoms with van der Waals surface area (Å²) in [5, 5.41) is 0. The number of carbonyl (C=O) groups is 1. The fraction of sp³-hybridized carbons (Fsp3) is 0.562. The van der Waals surface area contributed by atoms with Gasteiger partial charge in [0.05, 0.1) is 19.5 Å². The molecule has 2 aliphatic rings. The summed E-state index contributed by atoms with van der Waals surface area (Å²) in [5.74, 6) is 1.62. The van der Waals surface area contributed by atoms with Gasteiger partial charge in [0, 0.05) is 19.0 Å². The summed E-state index contributed by atoms with van der Waals surface area (Å²) in [6.45, 7) is 0.807. The number of benzene rings is 2. The van der Waals surface area contributed by atoms with E-state index < -0.39 is 11.9 Å². The van der Waals surface area contributed by atoms with Gasteiger partial charge in [0.1, 0.15) is 5.82 Å². The topological polar surface area (TPSA) is 54.4 Å². The number of rotatable bonds is 12. The van der Waals surface area contributed by atoms with Crippen molar-refractivity contribution in [3.8, 4) is 0 Å². The predicted molar refractivity (Wildman–Crippen MR) is 161 cm³/mol. The van der Waals surface area contributed by atoms with Crippen LogP contribution in [-0.2, 0) is 15.9 Å². The van der Waals surface area contributed by atoms with E-state index in [0.29, 0.717) is 18.3 Å². The van der Waals surface area contributed by atoms with Crippen molar-refractivity contribution >= 4 is 24.3 Å². The van der Waals surface area contributed by atoms with Crippen molar-refractivity contribution in [1.29, 1.82) is 0 Å². The van der Waals surface area contributed by atoms with Crippen LogP contribution < -0.4 is 0 Å². The smallest absolute Gasteiger partial charge is 0.438 e. The average molecular weight is 570 g/mol. The Morgan fingerprint density at radius 1 is 1.15 bits per heavy atom. The second-order valence-corrected chi connectivity index (χ2v) is 12.3. The molecule has 2 aromatic carbocycles. The summed E-state index contributed by atoms with van der Waals surface area (Å²) in [4.78, 5) is 21.8. The van der Waals surface area contributed by atoms with Gasteiger partial charge in [-0.25, -0.2) is 14.2 Å². The van der Waals surface area contributed by atoms with Gasteiger partial charge in [0.2, 0.25) is 5.72 Å². The molecule has 1 aliphatic carbocycles. The molecule has 2 aromatic rings. The molecular formula is C32H44FN3O3S. The van der Waals surface area contributed by atoms with Gasteiger partial charge in [-0.2, -0.15) is 11.8 Å². The molecule has 3 unspecified atom stereocenters. The summed E-state index contributed by atoms with van der Waals surface area (Å²) >= 11 is 1.73. The molecule has 3 atom stereocenters. The summed E-state index contributed by atoms with van der Waals surface area (Å²) in [6.07, 6.45) is 10.1. The SMILES string of the molecule is COC(=O)OC1(CCSC)N=CN(CCc2ccccc2)C1CC1CCC(C(c2cccc(F)c2)N(C)C)CC1. The number of nitrogens with zero attached hydrogens (tertiary/aromatic N) is 3. The van der Waals surface area contributed by atoms with Gasteiger partial charge < -0.3 is 19.3 Å².